The van der Waals surface area contributed by atoms with Crippen molar-refractivity contribution >= 4 is 0 Å². The van der Waals surface area contributed by atoms with Gasteiger partial charge in [0.2, 0.25) is 0 Å². The molecule has 0 amide bonds. The molecule has 0 heterocycles. The van der Waals surface area contributed by atoms with E-state index in [9.17, 15) is 0 Å². The zero-order chi connectivity index (χ0) is 12.1. The number of rotatable bonds is 4. The Labute approximate surface area is 97.6 Å². The lowest BCUT2D eigenvalue weighted by atomic mass is 10.1. The molecule has 88 valence electrons. The highest BCUT2D eigenvalue weighted by molar-refractivity contribution is 5.43. The predicted molar refractivity (Wildman–Crippen MR) is 66.8 cm³/mol. The van der Waals surface area contributed by atoms with Crippen LogP contribution in [0, 0.1) is 13.8 Å². The van der Waals surface area contributed by atoms with Gasteiger partial charge in [0.1, 0.15) is 12.4 Å². The van der Waals surface area contributed by atoms with E-state index in [4.69, 9.17) is 9.84 Å². The van der Waals surface area contributed by atoms with E-state index < -0.39 is 0 Å². The SMILES string of the molecule is CC(C)=CCOc1c(C)cc(CO)cc1C. The standard InChI is InChI=1S/C14H20O2/c1-10(2)5-6-16-14-11(3)7-13(9-15)8-12(14)4/h5,7-8,15H,6,9H2,1-4H3. The number of hydrogen-bond acceptors (Lipinski definition) is 2. The van der Waals surface area contributed by atoms with Crippen molar-refractivity contribution in [3.05, 3.63) is 40.5 Å². The van der Waals surface area contributed by atoms with Crippen LogP contribution in [0.25, 0.3) is 0 Å². The fourth-order valence-electron chi connectivity index (χ4n) is 1.65. The summed E-state index contributed by atoms with van der Waals surface area (Å²) in [5, 5.41) is 9.08. The van der Waals surface area contributed by atoms with Gasteiger partial charge in [-0.15, -0.1) is 0 Å². The lowest BCUT2D eigenvalue weighted by Crippen LogP contribution is -2.00. The van der Waals surface area contributed by atoms with Crippen molar-refractivity contribution in [1.29, 1.82) is 0 Å². The second-order valence-electron chi connectivity index (χ2n) is 4.31. The minimum absolute atomic E-state index is 0.0793. The van der Waals surface area contributed by atoms with Gasteiger partial charge >= 0.3 is 0 Å². The van der Waals surface area contributed by atoms with Crippen molar-refractivity contribution in [1.82, 2.24) is 0 Å². The van der Waals surface area contributed by atoms with Gasteiger partial charge in [-0.2, -0.15) is 0 Å². The van der Waals surface area contributed by atoms with Crippen molar-refractivity contribution in [2.75, 3.05) is 6.61 Å². The Hall–Kier alpha value is -1.28. The number of allylic oxidation sites excluding steroid dienone is 1. The van der Waals surface area contributed by atoms with E-state index in [0.717, 1.165) is 22.4 Å². The van der Waals surface area contributed by atoms with Crippen LogP contribution in [0.1, 0.15) is 30.5 Å². The third-order valence-electron chi connectivity index (χ3n) is 2.42. The summed E-state index contributed by atoms with van der Waals surface area (Å²) < 4.78 is 5.72. The molecule has 2 nitrogen and oxygen atoms in total. The first-order valence-corrected chi connectivity index (χ1v) is 5.51. The summed E-state index contributed by atoms with van der Waals surface area (Å²) >= 11 is 0. The fourth-order valence-corrected chi connectivity index (χ4v) is 1.65. The summed E-state index contributed by atoms with van der Waals surface area (Å²) in [7, 11) is 0. The predicted octanol–water partition coefficient (Wildman–Crippen LogP) is 3.14. The fraction of sp³-hybridized carbons (Fsp3) is 0.429. The van der Waals surface area contributed by atoms with Crippen LogP contribution >= 0.6 is 0 Å². The molecule has 0 radical (unpaired) electrons. The summed E-state index contributed by atoms with van der Waals surface area (Å²) in [4.78, 5) is 0. The molecule has 0 unspecified atom stereocenters. The maximum absolute atomic E-state index is 9.08. The van der Waals surface area contributed by atoms with Crippen LogP contribution in [0.5, 0.6) is 5.75 Å². The molecule has 0 saturated heterocycles. The summed E-state index contributed by atoms with van der Waals surface area (Å²) in [6.45, 7) is 8.79. The molecule has 1 rings (SSSR count). The monoisotopic (exact) mass is 220 g/mol. The zero-order valence-electron chi connectivity index (χ0n) is 10.5. The van der Waals surface area contributed by atoms with Crippen molar-refractivity contribution in [3.8, 4) is 5.75 Å². The topological polar surface area (TPSA) is 29.5 Å². The van der Waals surface area contributed by atoms with E-state index in [1.54, 1.807) is 0 Å². The molecule has 0 spiro atoms. The summed E-state index contributed by atoms with van der Waals surface area (Å²) in [5.74, 6) is 0.926. The lowest BCUT2D eigenvalue weighted by molar-refractivity contribution is 0.281. The highest BCUT2D eigenvalue weighted by Gasteiger charge is 2.05. The van der Waals surface area contributed by atoms with Crippen LogP contribution in [0.2, 0.25) is 0 Å². The van der Waals surface area contributed by atoms with Crippen LogP contribution in [0.4, 0.5) is 0 Å². The normalized spacial score (nSPS) is 10.1. The molecule has 16 heavy (non-hydrogen) atoms. The molecule has 0 aliphatic rings. The van der Waals surface area contributed by atoms with Crippen LogP contribution in [0.3, 0.4) is 0 Å². The van der Waals surface area contributed by atoms with Gasteiger partial charge in [-0.1, -0.05) is 17.7 Å². The molecule has 1 N–H and O–H groups in total. The van der Waals surface area contributed by atoms with E-state index in [0.29, 0.717) is 6.61 Å². The molecule has 0 atom stereocenters. The Kier molecular flexibility index (Phi) is 4.56. The first kappa shape index (κ1) is 12.8. The van der Waals surface area contributed by atoms with Gasteiger partial charge in [0.25, 0.3) is 0 Å². The molecule has 0 saturated carbocycles. The summed E-state index contributed by atoms with van der Waals surface area (Å²) in [6.07, 6.45) is 2.05. The van der Waals surface area contributed by atoms with Gasteiger partial charge in [0.15, 0.2) is 0 Å². The molecule has 0 fully saturated rings. The first-order valence-electron chi connectivity index (χ1n) is 5.51. The Bertz CT molecular complexity index is 365. The average Bonchev–Trinajstić information content (AvgIpc) is 2.21. The van der Waals surface area contributed by atoms with Crippen LogP contribution < -0.4 is 4.74 Å². The van der Waals surface area contributed by atoms with E-state index in [-0.39, 0.29) is 6.61 Å². The number of hydrogen-bond donors (Lipinski definition) is 1. The molecule has 0 aliphatic heterocycles. The van der Waals surface area contributed by atoms with Gasteiger partial charge in [0.05, 0.1) is 6.61 Å². The molecule has 1 aromatic rings. The van der Waals surface area contributed by atoms with E-state index in [1.807, 2.05) is 26.0 Å². The Morgan fingerprint density at radius 3 is 2.25 bits per heavy atom. The summed E-state index contributed by atoms with van der Waals surface area (Å²) in [6, 6.07) is 3.93. The Morgan fingerprint density at radius 2 is 1.81 bits per heavy atom. The third-order valence-corrected chi connectivity index (χ3v) is 2.42. The number of ether oxygens (including phenoxy) is 1. The Balaban J connectivity index is 2.84. The smallest absolute Gasteiger partial charge is 0.125 e. The Morgan fingerprint density at radius 1 is 1.25 bits per heavy atom. The van der Waals surface area contributed by atoms with Gasteiger partial charge in [-0.25, -0.2) is 0 Å². The molecule has 0 bridgehead atoms. The average molecular weight is 220 g/mol. The zero-order valence-corrected chi connectivity index (χ0v) is 10.5. The van der Waals surface area contributed by atoms with Crippen LogP contribution in [-0.2, 0) is 6.61 Å². The molecule has 1 aromatic carbocycles. The van der Waals surface area contributed by atoms with Gasteiger partial charge in [-0.3, -0.25) is 0 Å². The lowest BCUT2D eigenvalue weighted by Gasteiger charge is -2.12. The highest BCUT2D eigenvalue weighted by atomic mass is 16.5. The van der Waals surface area contributed by atoms with Gasteiger partial charge < -0.3 is 9.84 Å². The maximum atomic E-state index is 9.08. The largest absolute Gasteiger partial charge is 0.489 e. The van der Waals surface area contributed by atoms with Crippen molar-refractivity contribution < 1.29 is 9.84 Å². The summed E-state index contributed by atoms with van der Waals surface area (Å²) in [5.41, 5.74) is 4.34. The second-order valence-corrected chi connectivity index (χ2v) is 4.31. The first-order chi connectivity index (χ1) is 7.54. The minimum Gasteiger partial charge on any atom is -0.489 e. The van der Waals surface area contributed by atoms with Gasteiger partial charge in [0, 0.05) is 0 Å². The maximum Gasteiger partial charge on any atom is 0.125 e. The molecule has 0 aromatic heterocycles. The molecular formula is C14H20O2. The van der Waals surface area contributed by atoms with Crippen LogP contribution in [0.15, 0.2) is 23.8 Å². The number of aliphatic hydroxyl groups excluding tert-OH is 1. The molecular weight excluding hydrogens is 200 g/mol. The second kappa shape index (κ2) is 5.71. The van der Waals surface area contributed by atoms with Gasteiger partial charge in [-0.05, 0) is 50.5 Å². The van der Waals surface area contributed by atoms with Crippen molar-refractivity contribution in [2.24, 2.45) is 0 Å². The van der Waals surface area contributed by atoms with Crippen LogP contribution in [-0.4, -0.2) is 11.7 Å². The third kappa shape index (κ3) is 3.38. The quantitative estimate of drug-likeness (QED) is 0.790. The number of benzene rings is 1. The number of aliphatic hydroxyl groups is 1. The van der Waals surface area contributed by atoms with Crippen molar-refractivity contribution in [2.45, 2.75) is 34.3 Å². The highest BCUT2D eigenvalue weighted by Crippen LogP contribution is 2.24. The minimum atomic E-state index is 0.0793. The van der Waals surface area contributed by atoms with Crippen molar-refractivity contribution in [3.63, 3.8) is 0 Å². The molecule has 2 heteroatoms. The van der Waals surface area contributed by atoms with E-state index >= 15 is 0 Å². The van der Waals surface area contributed by atoms with E-state index in [2.05, 4.69) is 19.9 Å². The van der Waals surface area contributed by atoms with E-state index in [1.165, 1.54) is 5.57 Å². The molecule has 0 aliphatic carbocycles. The number of aryl methyl sites for hydroxylation is 2.